The number of benzene rings is 1. The summed E-state index contributed by atoms with van der Waals surface area (Å²) in [5, 5.41) is 5.47. The Bertz CT molecular complexity index is 744. The number of likely N-dealkylation sites (tertiary alicyclic amines) is 1. The molecule has 1 aromatic heterocycles. The summed E-state index contributed by atoms with van der Waals surface area (Å²) in [6.45, 7) is 2.38. The second-order valence-corrected chi connectivity index (χ2v) is 6.07. The number of urea groups is 1. The van der Waals surface area contributed by atoms with Gasteiger partial charge < -0.3 is 20.0 Å². The maximum absolute atomic E-state index is 12.5. The van der Waals surface area contributed by atoms with Crippen LogP contribution < -0.4 is 10.6 Å². The zero-order valence-corrected chi connectivity index (χ0v) is 14.4. The van der Waals surface area contributed by atoms with Crippen molar-refractivity contribution < 1.29 is 14.0 Å². The van der Waals surface area contributed by atoms with E-state index in [4.69, 9.17) is 4.42 Å². The van der Waals surface area contributed by atoms with E-state index in [0.29, 0.717) is 24.6 Å². The molecule has 2 aromatic rings. The summed E-state index contributed by atoms with van der Waals surface area (Å²) in [4.78, 5) is 30.2. The Balaban J connectivity index is 1.66. The fourth-order valence-corrected chi connectivity index (χ4v) is 3.00. The monoisotopic (exact) mass is 342 g/mol. The van der Waals surface area contributed by atoms with Gasteiger partial charge in [0.1, 0.15) is 12.1 Å². The van der Waals surface area contributed by atoms with Crippen molar-refractivity contribution in [2.24, 2.45) is 0 Å². The molecule has 1 saturated heterocycles. The molecule has 0 bridgehead atoms. The third kappa shape index (κ3) is 3.65. The molecule has 2 unspecified atom stereocenters. The number of nitrogens with zero attached hydrogens (tertiary/aromatic N) is 2. The number of amides is 3. The molecule has 3 amide bonds. The SMILES string of the molecule is CNC(=O)C1CCCN1C(=O)NC(C)c1ncc(-c2ccccc2)o1. The van der Waals surface area contributed by atoms with Crippen LogP contribution in [0.5, 0.6) is 0 Å². The Morgan fingerprint density at radius 3 is 2.80 bits per heavy atom. The van der Waals surface area contributed by atoms with Crippen molar-refractivity contribution in [1.82, 2.24) is 20.5 Å². The van der Waals surface area contributed by atoms with E-state index in [1.807, 2.05) is 37.3 Å². The maximum Gasteiger partial charge on any atom is 0.318 e. The van der Waals surface area contributed by atoms with E-state index in [0.717, 1.165) is 12.0 Å². The van der Waals surface area contributed by atoms with Gasteiger partial charge in [0.2, 0.25) is 11.8 Å². The smallest absolute Gasteiger partial charge is 0.318 e. The lowest BCUT2D eigenvalue weighted by Crippen LogP contribution is -2.49. The quantitative estimate of drug-likeness (QED) is 0.893. The molecule has 132 valence electrons. The van der Waals surface area contributed by atoms with Gasteiger partial charge in [0.05, 0.1) is 6.20 Å². The van der Waals surface area contributed by atoms with Gasteiger partial charge in [-0.3, -0.25) is 4.79 Å². The molecule has 1 aliphatic rings. The fraction of sp³-hybridized carbons (Fsp3) is 0.389. The highest BCUT2D eigenvalue weighted by atomic mass is 16.4. The predicted octanol–water partition coefficient (Wildman–Crippen LogP) is 2.32. The molecule has 7 heteroatoms. The summed E-state index contributed by atoms with van der Waals surface area (Å²) < 4.78 is 5.77. The zero-order valence-electron chi connectivity index (χ0n) is 14.4. The second-order valence-electron chi connectivity index (χ2n) is 6.07. The Hall–Kier alpha value is -2.83. The van der Waals surface area contributed by atoms with Gasteiger partial charge in [-0.25, -0.2) is 9.78 Å². The molecule has 25 heavy (non-hydrogen) atoms. The summed E-state index contributed by atoms with van der Waals surface area (Å²) in [7, 11) is 1.58. The molecule has 0 spiro atoms. The highest BCUT2D eigenvalue weighted by Gasteiger charge is 2.34. The normalized spacial score (nSPS) is 18.0. The topological polar surface area (TPSA) is 87.5 Å². The molecule has 0 aliphatic carbocycles. The summed E-state index contributed by atoms with van der Waals surface area (Å²) in [6.07, 6.45) is 3.15. The fourth-order valence-electron chi connectivity index (χ4n) is 3.00. The van der Waals surface area contributed by atoms with E-state index in [-0.39, 0.29) is 11.9 Å². The van der Waals surface area contributed by atoms with Crippen molar-refractivity contribution in [2.45, 2.75) is 31.8 Å². The number of nitrogens with one attached hydrogen (secondary N) is 2. The number of hydrogen-bond acceptors (Lipinski definition) is 4. The van der Waals surface area contributed by atoms with E-state index < -0.39 is 12.1 Å². The van der Waals surface area contributed by atoms with Crippen molar-refractivity contribution in [1.29, 1.82) is 0 Å². The molecule has 0 saturated carbocycles. The van der Waals surface area contributed by atoms with Crippen LogP contribution in [-0.4, -0.2) is 41.5 Å². The first-order valence-electron chi connectivity index (χ1n) is 8.40. The minimum atomic E-state index is -0.415. The summed E-state index contributed by atoms with van der Waals surface area (Å²) in [6, 6.07) is 8.57. The number of hydrogen-bond donors (Lipinski definition) is 2. The first-order chi connectivity index (χ1) is 12.1. The minimum Gasteiger partial charge on any atom is -0.438 e. The Morgan fingerprint density at radius 2 is 2.08 bits per heavy atom. The molecular formula is C18H22N4O3. The van der Waals surface area contributed by atoms with Gasteiger partial charge in [-0.15, -0.1) is 0 Å². The largest absolute Gasteiger partial charge is 0.438 e. The first kappa shape index (κ1) is 17.0. The number of rotatable bonds is 4. The van der Waals surface area contributed by atoms with E-state index in [9.17, 15) is 9.59 Å². The van der Waals surface area contributed by atoms with Crippen LogP contribution in [0.1, 0.15) is 31.7 Å². The van der Waals surface area contributed by atoms with E-state index in [1.165, 1.54) is 0 Å². The van der Waals surface area contributed by atoms with Crippen molar-refractivity contribution >= 4 is 11.9 Å². The molecular weight excluding hydrogens is 320 g/mol. The van der Waals surface area contributed by atoms with Gasteiger partial charge in [0, 0.05) is 19.2 Å². The van der Waals surface area contributed by atoms with E-state index >= 15 is 0 Å². The first-order valence-corrected chi connectivity index (χ1v) is 8.40. The van der Waals surface area contributed by atoms with Crippen LogP contribution in [0, 0.1) is 0 Å². The summed E-state index contributed by atoms with van der Waals surface area (Å²) >= 11 is 0. The highest BCUT2D eigenvalue weighted by molar-refractivity contribution is 5.87. The lowest BCUT2D eigenvalue weighted by atomic mass is 10.2. The molecule has 2 atom stereocenters. The number of carbonyl (C=O) groups excluding carboxylic acids is 2. The van der Waals surface area contributed by atoms with E-state index in [2.05, 4.69) is 15.6 Å². The molecule has 1 aliphatic heterocycles. The van der Waals surface area contributed by atoms with Crippen LogP contribution in [-0.2, 0) is 4.79 Å². The minimum absolute atomic E-state index is 0.136. The van der Waals surface area contributed by atoms with Crippen molar-refractivity contribution in [3.63, 3.8) is 0 Å². The van der Waals surface area contributed by atoms with Crippen molar-refractivity contribution in [2.75, 3.05) is 13.6 Å². The van der Waals surface area contributed by atoms with Crippen LogP contribution >= 0.6 is 0 Å². The van der Waals surface area contributed by atoms with Crippen LogP contribution in [0.4, 0.5) is 4.79 Å². The van der Waals surface area contributed by atoms with E-state index in [1.54, 1.807) is 18.1 Å². The lowest BCUT2D eigenvalue weighted by molar-refractivity contribution is -0.124. The third-order valence-electron chi connectivity index (χ3n) is 4.35. The van der Waals surface area contributed by atoms with Crippen LogP contribution in [0.25, 0.3) is 11.3 Å². The van der Waals surface area contributed by atoms with Gasteiger partial charge in [0.15, 0.2) is 5.76 Å². The third-order valence-corrected chi connectivity index (χ3v) is 4.35. The average molecular weight is 342 g/mol. The van der Waals surface area contributed by atoms with Gasteiger partial charge in [-0.2, -0.15) is 0 Å². The maximum atomic E-state index is 12.5. The Labute approximate surface area is 146 Å². The van der Waals surface area contributed by atoms with Crippen molar-refractivity contribution in [3.8, 4) is 11.3 Å². The van der Waals surface area contributed by atoms with Crippen molar-refractivity contribution in [3.05, 3.63) is 42.4 Å². The Kier molecular flexibility index (Phi) is 5.02. The number of likely N-dealkylation sites (N-methyl/N-ethyl adjacent to an activating group) is 1. The predicted molar refractivity (Wildman–Crippen MR) is 92.7 cm³/mol. The summed E-state index contributed by atoms with van der Waals surface area (Å²) in [5.74, 6) is 0.951. The van der Waals surface area contributed by atoms with Gasteiger partial charge in [-0.05, 0) is 19.8 Å². The second kappa shape index (κ2) is 7.38. The standard InChI is InChI=1S/C18H22N4O3/c1-12(17-20-11-15(25-17)13-7-4-3-5-8-13)21-18(24)22-10-6-9-14(22)16(23)19-2/h3-5,7-8,11-12,14H,6,9-10H2,1-2H3,(H,19,23)(H,21,24). The number of oxazole rings is 1. The highest BCUT2D eigenvalue weighted by Crippen LogP contribution is 2.23. The molecule has 7 nitrogen and oxygen atoms in total. The molecule has 0 radical (unpaired) electrons. The van der Waals surface area contributed by atoms with Gasteiger partial charge in [-0.1, -0.05) is 30.3 Å². The van der Waals surface area contributed by atoms with Gasteiger partial charge in [0.25, 0.3) is 0 Å². The molecule has 2 heterocycles. The van der Waals surface area contributed by atoms with Crippen LogP contribution in [0.3, 0.4) is 0 Å². The molecule has 1 aromatic carbocycles. The Morgan fingerprint density at radius 1 is 1.32 bits per heavy atom. The molecule has 3 rings (SSSR count). The zero-order chi connectivity index (χ0) is 17.8. The average Bonchev–Trinajstić information content (AvgIpc) is 3.31. The van der Waals surface area contributed by atoms with Crippen LogP contribution in [0.2, 0.25) is 0 Å². The van der Waals surface area contributed by atoms with Gasteiger partial charge >= 0.3 is 6.03 Å². The summed E-state index contributed by atoms with van der Waals surface area (Å²) in [5.41, 5.74) is 0.930. The number of aromatic nitrogens is 1. The lowest BCUT2D eigenvalue weighted by Gasteiger charge is -2.24. The molecule has 1 fully saturated rings. The molecule has 2 N–H and O–H groups in total. The van der Waals surface area contributed by atoms with Crippen LogP contribution in [0.15, 0.2) is 40.9 Å². The number of carbonyl (C=O) groups is 2.